The summed E-state index contributed by atoms with van der Waals surface area (Å²) in [5.74, 6) is -1.36. The van der Waals surface area contributed by atoms with Crippen molar-refractivity contribution in [3.8, 4) is 0 Å². The number of carboxylic acid groups (broad SMARTS) is 1. The average Bonchev–Trinajstić information content (AvgIpc) is 2.26. The number of carbonyl (C=O) groups is 3. The number of nitrogens with two attached hydrogens (primary N) is 1. The summed E-state index contributed by atoms with van der Waals surface area (Å²) in [6.45, 7) is 7.92. The number of hydrogen-bond donors (Lipinski definition) is 2. The van der Waals surface area contributed by atoms with Gasteiger partial charge in [-0.2, -0.15) is 0 Å². The third-order valence-electron chi connectivity index (χ3n) is 2.79. The molecule has 0 heterocycles. The van der Waals surface area contributed by atoms with Crippen molar-refractivity contribution >= 4 is 17.9 Å². The van der Waals surface area contributed by atoms with Crippen molar-refractivity contribution in [1.29, 1.82) is 0 Å². The average molecular weight is 287 g/mol. The molecule has 3 amide bonds. The Hall–Kier alpha value is -1.79. The lowest BCUT2D eigenvalue weighted by atomic mass is 10.2. The smallest absolute Gasteiger partial charge is 0.320 e. The summed E-state index contributed by atoms with van der Waals surface area (Å²) < 4.78 is 0. The lowest BCUT2D eigenvalue weighted by Gasteiger charge is -2.33. The van der Waals surface area contributed by atoms with E-state index >= 15 is 0 Å². The Morgan fingerprint density at radius 2 is 1.75 bits per heavy atom. The third-order valence-corrected chi connectivity index (χ3v) is 2.79. The van der Waals surface area contributed by atoms with E-state index in [1.807, 2.05) is 13.8 Å². The quantitative estimate of drug-likeness (QED) is 0.686. The van der Waals surface area contributed by atoms with Gasteiger partial charge < -0.3 is 20.6 Å². The Morgan fingerprint density at radius 3 is 2.10 bits per heavy atom. The number of rotatable bonds is 8. The molecule has 0 fully saturated rings. The zero-order valence-electron chi connectivity index (χ0n) is 12.6. The van der Waals surface area contributed by atoms with E-state index in [1.165, 1.54) is 9.80 Å². The SMILES string of the molecule is CCN(C(=O)N(CC(N)=O)CC(C)C)C(C)CC(=O)O. The Kier molecular flexibility index (Phi) is 7.64. The highest BCUT2D eigenvalue weighted by molar-refractivity contribution is 5.83. The van der Waals surface area contributed by atoms with Crippen LogP contribution in [0.4, 0.5) is 4.79 Å². The van der Waals surface area contributed by atoms with Crippen LogP contribution in [0.1, 0.15) is 34.1 Å². The molecule has 1 unspecified atom stereocenters. The van der Waals surface area contributed by atoms with Crippen LogP contribution < -0.4 is 5.73 Å². The first kappa shape index (κ1) is 18.2. The largest absolute Gasteiger partial charge is 0.481 e. The maximum Gasteiger partial charge on any atom is 0.320 e. The summed E-state index contributed by atoms with van der Waals surface area (Å²) in [4.78, 5) is 37.1. The minimum absolute atomic E-state index is 0.133. The molecule has 0 aromatic rings. The van der Waals surface area contributed by atoms with Gasteiger partial charge in [-0.3, -0.25) is 9.59 Å². The zero-order chi connectivity index (χ0) is 15.9. The van der Waals surface area contributed by atoms with Gasteiger partial charge >= 0.3 is 12.0 Å². The van der Waals surface area contributed by atoms with Crippen LogP contribution in [-0.2, 0) is 9.59 Å². The Bertz CT molecular complexity index is 358. The van der Waals surface area contributed by atoms with Gasteiger partial charge in [-0.25, -0.2) is 4.79 Å². The summed E-state index contributed by atoms with van der Waals surface area (Å²) >= 11 is 0. The van der Waals surface area contributed by atoms with E-state index in [0.717, 1.165) is 0 Å². The molecule has 116 valence electrons. The number of nitrogens with zero attached hydrogens (tertiary/aromatic N) is 2. The first-order valence-electron chi connectivity index (χ1n) is 6.74. The molecule has 0 saturated carbocycles. The van der Waals surface area contributed by atoms with Gasteiger partial charge in [0.1, 0.15) is 6.54 Å². The van der Waals surface area contributed by atoms with E-state index < -0.39 is 17.9 Å². The van der Waals surface area contributed by atoms with E-state index in [9.17, 15) is 14.4 Å². The molecular weight excluding hydrogens is 262 g/mol. The van der Waals surface area contributed by atoms with Crippen molar-refractivity contribution in [3.05, 3.63) is 0 Å². The van der Waals surface area contributed by atoms with Gasteiger partial charge in [0.2, 0.25) is 5.91 Å². The van der Waals surface area contributed by atoms with Gasteiger partial charge in [-0.15, -0.1) is 0 Å². The fourth-order valence-electron chi connectivity index (χ4n) is 2.02. The van der Waals surface area contributed by atoms with Crippen molar-refractivity contribution in [2.45, 2.75) is 40.2 Å². The molecule has 20 heavy (non-hydrogen) atoms. The molecule has 0 aromatic carbocycles. The van der Waals surface area contributed by atoms with Crippen molar-refractivity contribution in [1.82, 2.24) is 9.80 Å². The van der Waals surface area contributed by atoms with Crippen LogP contribution in [0.2, 0.25) is 0 Å². The van der Waals surface area contributed by atoms with Crippen LogP contribution in [0.15, 0.2) is 0 Å². The number of carbonyl (C=O) groups excluding carboxylic acids is 2. The van der Waals surface area contributed by atoms with E-state index in [0.29, 0.717) is 13.1 Å². The number of amides is 3. The molecule has 7 heteroatoms. The standard InChI is InChI=1S/C13H25N3O4/c1-5-16(10(4)6-12(18)19)13(20)15(7-9(2)3)8-11(14)17/h9-10H,5-8H2,1-4H3,(H2,14,17)(H,18,19). The minimum atomic E-state index is -0.964. The van der Waals surface area contributed by atoms with Crippen LogP contribution in [0, 0.1) is 5.92 Å². The minimum Gasteiger partial charge on any atom is -0.481 e. The molecular formula is C13H25N3O4. The van der Waals surface area contributed by atoms with Gasteiger partial charge in [0.15, 0.2) is 0 Å². The maximum absolute atomic E-state index is 12.4. The Morgan fingerprint density at radius 1 is 1.20 bits per heavy atom. The van der Waals surface area contributed by atoms with Crippen molar-refractivity contribution < 1.29 is 19.5 Å². The normalized spacial score (nSPS) is 12.1. The number of aliphatic carboxylic acids is 1. The van der Waals surface area contributed by atoms with Gasteiger partial charge in [-0.05, 0) is 19.8 Å². The zero-order valence-corrected chi connectivity index (χ0v) is 12.6. The van der Waals surface area contributed by atoms with Crippen LogP contribution in [-0.4, -0.2) is 58.5 Å². The lowest BCUT2D eigenvalue weighted by molar-refractivity contribution is -0.138. The molecule has 3 N–H and O–H groups in total. The summed E-state index contributed by atoms with van der Waals surface area (Å²) in [5, 5.41) is 8.81. The highest BCUT2D eigenvalue weighted by atomic mass is 16.4. The van der Waals surface area contributed by atoms with E-state index in [-0.39, 0.29) is 24.9 Å². The van der Waals surface area contributed by atoms with Crippen LogP contribution in [0.5, 0.6) is 0 Å². The second-order valence-electron chi connectivity index (χ2n) is 5.26. The van der Waals surface area contributed by atoms with E-state index in [2.05, 4.69) is 0 Å². The molecule has 0 bridgehead atoms. The van der Waals surface area contributed by atoms with Gasteiger partial charge in [0, 0.05) is 19.1 Å². The maximum atomic E-state index is 12.4. The highest BCUT2D eigenvalue weighted by Crippen LogP contribution is 2.10. The topological polar surface area (TPSA) is 104 Å². The van der Waals surface area contributed by atoms with Gasteiger partial charge in [0.05, 0.1) is 6.42 Å². The summed E-state index contributed by atoms with van der Waals surface area (Å²) in [7, 11) is 0. The Labute approximate surface area is 119 Å². The van der Waals surface area contributed by atoms with E-state index in [4.69, 9.17) is 10.8 Å². The molecule has 0 radical (unpaired) electrons. The van der Waals surface area contributed by atoms with Gasteiger partial charge in [0.25, 0.3) is 0 Å². The van der Waals surface area contributed by atoms with Crippen molar-refractivity contribution in [2.75, 3.05) is 19.6 Å². The number of primary amides is 1. The third kappa shape index (κ3) is 6.40. The fraction of sp³-hybridized carbons (Fsp3) is 0.769. The van der Waals surface area contributed by atoms with Crippen molar-refractivity contribution in [3.63, 3.8) is 0 Å². The molecule has 0 aliphatic rings. The second kappa shape index (κ2) is 8.39. The molecule has 1 atom stereocenters. The molecule has 0 aliphatic heterocycles. The molecule has 7 nitrogen and oxygen atoms in total. The van der Waals surface area contributed by atoms with Crippen LogP contribution in [0.3, 0.4) is 0 Å². The summed E-state index contributed by atoms with van der Waals surface area (Å²) in [6, 6.07) is -0.790. The molecule has 0 aromatic heterocycles. The monoisotopic (exact) mass is 287 g/mol. The first-order chi connectivity index (χ1) is 9.18. The first-order valence-corrected chi connectivity index (χ1v) is 6.74. The number of hydrogen-bond acceptors (Lipinski definition) is 3. The van der Waals surface area contributed by atoms with Crippen LogP contribution >= 0.6 is 0 Å². The predicted molar refractivity (Wildman–Crippen MR) is 75.1 cm³/mol. The molecule has 0 saturated heterocycles. The summed E-state index contributed by atoms with van der Waals surface area (Å²) in [5.41, 5.74) is 5.16. The summed E-state index contributed by atoms with van der Waals surface area (Å²) in [6.07, 6.45) is -0.133. The number of urea groups is 1. The Balaban J connectivity index is 4.97. The lowest BCUT2D eigenvalue weighted by Crippen LogP contribution is -2.51. The van der Waals surface area contributed by atoms with Crippen LogP contribution in [0.25, 0.3) is 0 Å². The predicted octanol–water partition coefficient (Wildman–Crippen LogP) is 0.735. The second-order valence-corrected chi connectivity index (χ2v) is 5.26. The highest BCUT2D eigenvalue weighted by Gasteiger charge is 2.26. The van der Waals surface area contributed by atoms with Crippen molar-refractivity contribution in [2.24, 2.45) is 11.7 Å². The van der Waals surface area contributed by atoms with E-state index in [1.54, 1.807) is 13.8 Å². The number of carboxylic acids is 1. The molecule has 0 rings (SSSR count). The fourth-order valence-corrected chi connectivity index (χ4v) is 2.02. The molecule has 0 spiro atoms. The molecule has 0 aliphatic carbocycles. The van der Waals surface area contributed by atoms with Gasteiger partial charge in [-0.1, -0.05) is 13.8 Å².